The van der Waals surface area contributed by atoms with Crippen molar-refractivity contribution in [2.45, 2.75) is 25.1 Å². The van der Waals surface area contributed by atoms with Gasteiger partial charge in [-0.2, -0.15) is 18.3 Å². The Morgan fingerprint density at radius 1 is 1.14 bits per heavy atom. The van der Waals surface area contributed by atoms with Crippen LogP contribution in [0.25, 0.3) is 22.3 Å². The van der Waals surface area contributed by atoms with E-state index >= 15 is 0 Å². The van der Waals surface area contributed by atoms with Crippen molar-refractivity contribution in [1.82, 2.24) is 30.4 Å². The maximum atomic E-state index is 13.7. The number of fused-ring (bicyclic) bond motifs is 1. The number of likely N-dealkylation sites (N-methyl/N-ethyl adjacent to an activating group) is 1. The van der Waals surface area contributed by atoms with Crippen LogP contribution in [-0.4, -0.2) is 57.2 Å². The molecule has 0 bridgehead atoms. The number of H-pyrrole nitrogens is 1. The zero-order valence-electron chi connectivity index (χ0n) is 19.1. The highest BCUT2D eigenvalue weighted by atomic mass is 19.4. The molecule has 0 radical (unpaired) electrons. The second-order valence-electron chi connectivity index (χ2n) is 8.87. The Hall–Kier alpha value is -3.79. The minimum absolute atomic E-state index is 0.188. The summed E-state index contributed by atoms with van der Waals surface area (Å²) in [5.74, 6) is -0.894. The van der Waals surface area contributed by atoms with E-state index in [1.165, 1.54) is 18.3 Å². The van der Waals surface area contributed by atoms with Crippen molar-refractivity contribution in [3.63, 3.8) is 0 Å². The number of halogens is 3. The molecule has 1 aliphatic heterocycles. The van der Waals surface area contributed by atoms with Crippen LogP contribution in [0.3, 0.4) is 0 Å². The number of likely N-dealkylation sites (tertiary alicyclic amines) is 1. The molecule has 1 fully saturated rings. The topological polar surface area (TPSA) is 86.8 Å². The van der Waals surface area contributed by atoms with Crippen LogP contribution < -0.4 is 5.32 Å². The number of carbonyl (C=O) groups is 1. The minimum Gasteiger partial charge on any atom is -0.347 e. The molecule has 0 saturated carbocycles. The summed E-state index contributed by atoms with van der Waals surface area (Å²) in [5, 5.41) is 10.8. The molecule has 5 rings (SSSR count). The summed E-state index contributed by atoms with van der Waals surface area (Å²) >= 11 is 0. The number of aryl methyl sites for hydroxylation is 1. The summed E-state index contributed by atoms with van der Waals surface area (Å²) in [4.78, 5) is 23.7. The minimum atomic E-state index is -4.47. The molecule has 1 aromatic carbocycles. The Morgan fingerprint density at radius 2 is 1.94 bits per heavy atom. The van der Waals surface area contributed by atoms with Crippen LogP contribution in [0.15, 0.2) is 54.9 Å². The number of carbonyl (C=O) groups excluding carboxylic acids is 1. The first kappa shape index (κ1) is 23.0. The maximum Gasteiger partial charge on any atom is 0.416 e. The number of hydrogen-bond acceptors (Lipinski definition) is 5. The summed E-state index contributed by atoms with van der Waals surface area (Å²) in [5.41, 5.74) is 2.67. The fraction of sp³-hybridized carbons (Fsp3) is 0.280. The normalized spacial score (nSPS) is 18.8. The van der Waals surface area contributed by atoms with Gasteiger partial charge in [0.25, 0.3) is 5.91 Å². The molecule has 1 amide bonds. The largest absolute Gasteiger partial charge is 0.416 e. The lowest BCUT2D eigenvalue weighted by molar-refractivity contribution is -0.138. The molecular weight excluding hydrogens is 457 g/mol. The summed E-state index contributed by atoms with van der Waals surface area (Å²) in [7, 11) is 1.83. The Bertz CT molecular complexity index is 1400. The Labute approximate surface area is 199 Å². The number of alkyl halides is 3. The zero-order chi connectivity index (χ0) is 24.7. The Morgan fingerprint density at radius 3 is 2.71 bits per heavy atom. The van der Waals surface area contributed by atoms with E-state index in [1.54, 1.807) is 18.3 Å². The molecule has 1 aliphatic rings. The highest BCUT2D eigenvalue weighted by molar-refractivity contribution is 6.00. The maximum absolute atomic E-state index is 13.7. The van der Waals surface area contributed by atoms with Crippen molar-refractivity contribution < 1.29 is 18.0 Å². The summed E-state index contributed by atoms with van der Waals surface area (Å²) in [6, 6.07) is 10.5. The fourth-order valence-corrected chi connectivity index (χ4v) is 4.73. The van der Waals surface area contributed by atoms with Crippen LogP contribution in [0.4, 0.5) is 13.2 Å². The summed E-state index contributed by atoms with van der Waals surface area (Å²) < 4.78 is 41.0. The van der Waals surface area contributed by atoms with Crippen molar-refractivity contribution in [3.8, 4) is 11.3 Å². The van der Waals surface area contributed by atoms with Gasteiger partial charge in [0.05, 0.1) is 11.1 Å². The third kappa shape index (κ3) is 4.49. The molecule has 2 N–H and O–H groups in total. The molecule has 4 aromatic rings. The van der Waals surface area contributed by atoms with Crippen LogP contribution >= 0.6 is 0 Å². The predicted molar refractivity (Wildman–Crippen MR) is 125 cm³/mol. The third-order valence-electron chi connectivity index (χ3n) is 6.33. The average Bonchev–Trinajstić information content (AvgIpc) is 3.41. The number of nitrogens with one attached hydrogen (secondary N) is 2. The van der Waals surface area contributed by atoms with Gasteiger partial charge in [-0.15, -0.1) is 0 Å². The van der Waals surface area contributed by atoms with Crippen LogP contribution in [0, 0.1) is 6.92 Å². The van der Waals surface area contributed by atoms with E-state index in [4.69, 9.17) is 0 Å². The zero-order valence-corrected chi connectivity index (χ0v) is 19.1. The summed E-state index contributed by atoms with van der Waals surface area (Å²) in [6.45, 7) is 2.72. The van der Waals surface area contributed by atoms with Crippen molar-refractivity contribution >= 4 is 16.9 Å². The predicted octanol–water partition coefficient (Wildman–Crippen LogP) is 4.17. The monoisotopic (exact) mass is 480 g/mol. The van der Waals surface area contributed by atoms with Crippen LogP contribution in [0.2, 0.25) is 0 Å². The third-order valence-corrected chi connectivity index (χ3v) is 6.33. The SMILES string of the molecule is Cc1cc(-c2n[nH]c3ncc(C(=O)N[C@H]4CN(C)C[C@@H]4c4ccccc4C(F)(F)F)cc23)ccn1. The Balaban J connectivity index is 1.44. The molecule has 4 heterocycles. The van der Waals surface area contributed by atoms with Gasteiger partial charge in [-0.05, 0) is 43.8 Å². The first-order valence-corrected chi connectivity index (χ1v) is 11.1. The second-order valence-corrected chi connectivity index (χ2v) is 8.87. The number of rotatable bonds is 4. The Kier molecular flexibility index (Phi) is 5.76. The molecule has 0 unspecified atom stereocenters. The fourth-order valence-electron chi connectivity index (χ4n) is 4.73. The molecule has 1 saturated heterocycles. The molecule has 7 nitrogen and oxygen atoms in total. The van der Waals surface area contributed by atoms with Gasteiger partial charge in [-0.25, -0.2) is 4.98 Å². The number of pyridine rings is 2. The quantitative estimate of drug-likeness (QED) is 0.458. The van der Waals surface area contributed by atoms with Crippen LogP contribution in [0.5, 0.6) is 0 Å². The van der Waals surface area contributed by atoms with E-state index in [1.807, 2.05) is 31.0 Å². The van der Waals surface area contributed by atoms with E-state index in [-0.39, 0.29) is 5.56 Å². The number of hydrogen-bond donors (Lipinski definition) is 2. The van der Waals surface area contributed by atoms with Crippen molar-refractivity contribution in [2.24, 2.45) is 0 Å². The highest BCUT2D eigenvalue weighted by Gasteiger charge is 2.40. The smallest absolute Gasteiger partial charge is 0.347 e. The standard InChI is InChI=1S/C25H23F3N6O/c1-14-9-15(7-8-29-14)22-18-10-16(11-30-23(18)33-32-22)24(35)31-21-13-34(2)12-19(21)17-5-3-4-6-20(17)25(26,27)28/h3-11,19,21H,12-13H2,1-2H3,(H,31,35)(H,30,32,33)/t19-,21+/m1/s1. The number of benzene rings is 1. The van der Waals surface area contributed by atoms with Crippen LogP contribution in [0.1, 0.15) is 33.1 Å². The average molecular weight is 480 g/mol. The lowest BCUT2D eigenvalue weighted by Gasteiger charge is -2.23. The molecule has 0 spiro atoms. The first-order valence-electron chi connectivity index (χ1n) is 11.1. The number of aromatic nitrogens is 4. The second kappa shape index (κ2) is 8.77. The molecule has 10 heteroatoms. The van der Waals surface area contributed by atoms with Gasteiger partial charge in [0.2, 0.25) is 0 Å². The number of nitrogens with zero attached hydrogens (tertiary/aromatic N) is 4. The highest BCUT2D eigenvalue weighted by Crippen LogP contribution is 2.38. The van der Waals surface area contributed by atoms with Gasteiger partial charge < -0.3 is 10.2 Å². The van der Waals surface area contributed by atoms with Crippen molar-refractivity contribution in [2.75, 3.05) is 20.1 Å². The molecular formula is C25H23F3N6O. The van der Waals surface area contributed by atoms with Crippen LogP contribution in [-0.2, 0) is 6.18 Å². The molecule has 35 heavy (non-hydrogen) atoms. The lowest BCUT2D eigenvalue weighted by Crippen LogP contribution is -2.40. The molecule has 3 aromatic heterocycles. The lowest BCUT2D eigenvalue weighted by atomic mass is 9.90. The van der Waals surface area contributed by atoms with Gasteiger partial charge in [-0.1, -0.05) is 18.2 Å². The van der Waals surface area contributed by atoms with Gasteiger partial charge >= 0.3 is 6.18 Å². The van der Waals surface area contributed by atoms with Crippen molar-refractivity contribution in [3.05, 3.63) is 77.2 Å². The summed E-state index contributed by atoms with van der Waals surface area (Å²) in [6.07, 6.45) is -1.34. The van der Waals surface area contributed by atoms with Crippen molar-refractivity contribution in [1.29, 1.82) is 0 Å². The van der Waals surface area contributed by atoms with E-state index in [0.29, 0.717) is 35.4 Å². The van der Waals surface area contributed by atoms with E-state index in [2.05, 4.69) is 25.5 Å². The first-order chi connectivity index (χ1) is 16.7. The van der Waals surface area contributed by atoms with Gasteiger partial charge in [-0.3, -0.25) is 14.9 Å². The van der Waals surface area contributed by atoms with E-state index in [0.717, 1.165) is 17.3 Å². The number of aromatic amines is 1. The van der Waals surface area contributed by atoms with Gasteiger partial charge in [0, 0.05) is 54.1 Å². The van der Waals surface area contributed by atoms with Gasteiger partial charge in [0.1, 0.15) is 5.69 Å². The number of amides is 1. The van der Waals surface area contributed by atoms with Gasteiger partial charge in [0.15, 0.2) is 5.65 Å². The van der Waals surface area contributed by atoms with E-state index < -0.39 is 29.6 Å². The van der Waals surface area contributed by atoms with E-state index in [9.17, 15) is 18.0 Å². The molecule has 2 atom stereocenters. The molecule has 0 aliphatic carbocycles. The molecule has 180 valence electrons.